The summed E-state index contributed by atoms with van der Waals surface area (Å²) < 4.78 is 7.96. The first-order valence-electron chi connectivity index (χ1n) is 6.25. The van der Waals surface area contributed by atoms with Gasteiger partial charge in [0.1, 0.15) is 0 Å². The van der Waals surface area contributed by atoms with Gasteiger partial charge in [-0.2, -0.15) is 0 Å². The van der Waals surface area contributed by atoms with Gasteiger partial charge in [0.15, 0.2) is 0 Å². The Morgan fingerprint density at radius 1 is 1.50 bits per heavy atom. The zero-order valence-electron chi connectivity index (χ0n) is 9.61. The molecule has 1 fully saturated rings. The quantitative estimate of drug-likeness (QED) is 0.833. The normalized spacial score (nSPS) is 20.5. The van der Waals surface area contributed by atoms with Gasteiger partial charge >= 0.3 is 0 Å². The molecule has 1 aromatic heterocycles. The summed E-state index contributed by atoms with van der Waals surface area (Å²) in [6.45, 7) is 4.71. The Balaban J connectivity index is 1.62. The molecule has 0 amide bonds. The number of ether oxygens (including phenoxy) is 1. The number of nitrogens with zero attached hydrogens (tertiary/aromatic N) is 2. The van der Waals surface area contributed by atoms with Gasteiger partial charge in [-0.05, 0) is 31.7 Å². The van der Waals surface area contributed by atoms with E-state index in [-0.39, 0.29) is 0 Å². The molecule has 0 radical (unpaired) electrons. The highest BCUT2D eigenvalue weighted by atomic mass is 16.5. The number of nitrogens with one attached hydrogen (secondary N) is 1. The Hall–Kier alpha value is -0.870. The third-order valence-electron chi connectivity index (χ3n) is 3.37. The summed E-state index contributed by atoms with van der Waals surface area (Å²) >= 11 is 0. The molecule has 2 aliphatic rings. The molecule has 0 saturated heterocycles. The molecule has 0 unspecified atom stereocenters. The highest BCUT2D eigenvalue weighted by molar-refractivity contribution is 5.13. The molecule has 1 aliphatic carbocycles. The summed E-state index contributed by atoms with van der Waals surface area (Å²) in [6.07, 6.45) is 5.84. The van der Waals surface area contributed by atoms with E-state index in [0.717, 1.165) is 37.9 Å². The maximum absolute atomic E-state index is 5.71. The van der Waals surface area contributed by atoms with Gasteiger partial charge in [-0.3, -0.25) is 0 Å². The second-order valence-electron chi connectivity index (χ2n) is 4.82. The number of aryl methyl sites for hydroxylation is 1. The number of hydrogen-bond donors (Lipinski definition) is 1. The van der Waals surface area contributed by atoms with Crippen LogP contribution in [-0.2, 0) is 24.4 Å². The van der Waals surface area contributed by atoms with E-state index in [1.54, 1.807) is 0 Å². The molecule has 1 N–H and O–H groups in total. The van der Waals surface area contributed by atoms with Crippen LogP contribution >= 0.6 is 0 Å². The lowest BCUT2D eigenvalue weighted by Crippen LogP contribution is -2.14. The van der Waals surface area contributed by atoms with Gasteiger partial charge in [-0.15, -0.1) is 0 Å². The van der Waals surface area contributed by atoms with Crippen LogP contribution in [0.15, 0.2) is 6.33 Å². The predicted molar refractivity (Wildman–Crippen MR) is 60.9 cm³/mol. The van der Waals surface area contributed by atoms with Crippen molar-refractivity contribution in [2.75, 3.05) is 13.2 Å². The zero-order chi connectivity index (χ0) is 10.8. The van der Waals surface area contributed by atoms with E-state index >= 15 is 0 Å². The van der Waals surface area contributed by atoms with E-state index in [0.29, 0.717) is 6.61 Å². The summed E-state index contributed by atoms with van der Waals surface area (Å²) in [5.74, 6) is 0.833. The zero-order valence-corrected chi connectivity index (χ0v) is 9.61. The average Bonchev–Trinajstić information content (AvgIpc) is 3.06. The van der Waals surface area contributed by atoms with E-state index in [9.17, 15) is 0 Å². The first-order chi connectivity index (χ1) is 7.93. The van der Waals surface area contributed by atoms with Gasteiger partial charge in [0.2, 0.25) is 0 Å². The van der Waals surface area contributed by atoms with Crippen molar-refractivity contribution in [2.24, 2.45) is 5.92 Å². The van der Waals surface area contributed by atoms with E-state index in [1.165, 1.54) is 25.0 Å². The first kappa shape index (κ1) is 10.3. The molecule has 4 heteroatoms. The van der Waals surface area contributed by atoms with E-state index in [4.69, 9.17) is 4.74 Å². The van der Waals surface area contributed by atoms with Crippen LogP contribution in [0.1, 0.15) is 30.7 Å². The molecular weight excluding hydrogens is 202 g/mol. The standard InChI is InChI=1S/C12H19N3O/c1-4-13-6-12-11(14-9-15(12)5-1)8-16-7-10-2-3-10/h9-10,13H,1-8H2. The number of hydrogen-bond acceptors (Lipinski definition) is 3. The maximum atomic E-state index is 5.71. The van der Waals surface area contributed by atoms with Crippen molar-refractivity contribution in [2.45, 2.75) is 39.0 Å². The third kappa shape index (κ3) is 2.28. The van der Waals surface area contributed by atoms with Crippen molar-refractivity contribution in [3.8, 4) is 0 Å². The van der Waals surface area contributed by atoms with Crippen LogP contribution in [0, 0.1) is 5.92 Å². The van der Waals surface area contributed by atoms with Crippen molar-refractivity contribution in [1.82, 2.24) is 14.9 Å². The van der Waals surface area contributed by atoms with Crippen LogP contribution in [0.3, 0.4) is 0 Å². The van der Waals surface area contributed by atoms with E-state index < -0.39 is 0 Å². The van der Waals surface area contributed by atoms with Crippen molar-refractivity contribution < 1.29 is 4.74 Å². The fourth-order valence-electron chi connectivity index (χ4n) is 2.15. The highest BCUT2D eigenvalue weighted by Gasteiger charge is 2.21. The topological polar surface area (TPSA) is 39.1 Å². The lowest BCUT2D eigenvalue weighted by atomic mass is 10.3. The van der Waals surface area contributed by atoms with Crippen LogP contribution in [-0.4, -0.2) is 22.7 Å². The predicted octanol–water partition coefficient (Wildman–Crippen LogP) is 1.30. The van der Waals surface area contributed by atoms with Crippen molar-refractivity contribution >= 4 is 0 Å². The Morgan fingerprint density at radius 2 is 2.44 bits per heavy atom. The molecule has 2 heterocycles. The monoisotopic (exact) mass is 221 g/mol. The Morgan fingerprint density at radius 3 is 3.31 bits per heavy atom. The maximum Gasteiger partial charge on any atom is 0.0953 e. The van der Waals surface area contributed by atoms with Gasteiger partial charge in [0, 0.05) is 19.7 Å². The van der Waals surface area contributed by atoms with Crippen LogP contribution in [0.5, 0.6) is 0 Å². The molecule has 0 atom stereocenters. The van der Waals surface area contributed by atoms with Gasteiger partial charge < -0.3 is 14.6 Å². The molecule has 88 valence electrons. The molecule has 0 bridgehead atoms. The van der Waals surface area contributed by atoms with Crippen molar-refractivity contribution in [1.29, 1.82) is 0 Å². The minimum Gasteiger partial charge on any atom is -0.375 e. The first-order valence-corrected chi connectivity index (χ1v) is 6.25. The number of imidazole rings is 1. The molecule has 4 nitrogen and oxygen atoms in total. The minimum absolute atomic E-state index is 0.681. The van der Waals surface area contributed by atoms with Gasteiger partial charge in [0.05, 0.1) is 24.3 Å². The van der Waals surface area contributed by atoms with Crippen LogP contribution in [0.25, 0.3) is 0 Å². The average molecular weight is 221 g/mol. The highest BCUT2D eigenvalue weighted by Crippen LogP contribution is 2.29. The number of rotatable bonds is 4. The second kappa shape index (κ2) is 4.55. The molecule has 0 spiro atoms. The number of aromatic nitrogens is 2. The fraction of sp³-hybridized carbons (Fsp3) is 0.750. The smallest absolute Gasteiger partial charge is 0.0953 e. The molecule has 0 aromatic carbocycles. The summed E-state index contributed by atoms with van der Waals surface area (Å²) in [6, 6.07) is 0. The number of fused-ring (bicyclic) bond motifs is 1. The Kier molecular flexibility index (Phi) is 2.93. The summed E-state index contributed by atoms with van der Waals surface area (Å²) in [4.78, 5) is 4.45. The lowest BCUT2D eigenvalue weighted by molar-refractivity contribution is 0.108. The van der Waals surface area contributed by atoms with Gasteiger partial charge in [0.25, 0.3) is 0 Å². The second-order valence-corrected chi connectivity index (χ2v) is 4.82. The SMILES string of the molecule is c1nc(COCC2CC2)c2n1CCCNC2. The van der Waals surface area contributed by atoms with E-state index in [2.05, 4.69) is 14.9 Å². The van der Waals surface area contributed by atoms with Crippen molar-refractivity contribution in [3.05, 3.63) is 17.7 Å². The Bertz CT molecular complexity index is 357. The molecule has 1 saturated carbocycles. The van der Waals surface area contributed by atoms with Crippen LogP contribution in [0.2, 0.25) is 0 Å². The Labute approximate surface area is 96.0 Å². The molecular formula is C12H19N3O. The summed E-state index contributed by atoms with van der Waals surface area (Å²) in [5.41, 5.74) is 2.43. The van der Waals surface area contributed by atoms with Crippen LogP contribution < -0.4 is 5.32 Å². The molecule has 16 heavy (non-hydrogen) atoms. The van der Waals surface area contributed by atoms with Gasteiger partial charge in [-0.25, -0.2) is 4.98 Å². The molecule has 1 aliphatic heterocycles. The lowest BCUT2D eigenvalue weighted by Gasteiger charge is -2.06. The van der Waals surface area contributed by atoms with Crippen LogP contribution in [0.4, 0.5) is 0 Å². The van der Waals surface area contributed by atoms with Crippen molar-refractivity contribution in [3.63, 3.8) is 0 Å². The van der Waals surface area contributed by atoms with Gasteiger partial charge in [-0.1, -0.05) is 0 Å². The third-order valence-corrected chi connectivity index (χ3v) is 3.37. The van der Waals surface area contributed by atoms with E-state index in [1.807, 2.05) is 6.33 Å². The summed E-state index contributed by atoms with van der Waals surface area (Å²) in [7, 11) is 0. The fourth-order valence-corrected chi connectivity index (χ4v) is 2.15. The molecule has 3 rings (SSSR count). The largest absolute Gasteiger partial charge is 0.375 e. The molecule has 1 aromatic rings. The summed E-state index contributed by atoms with van der Waals surface area (Å²) in [5, 5.41) is 3.43. The minimum atomic E-state index is 0.681.